The number of ether oxygens (including phenoxy) is 3. The van der Waals surface area contributed by atoms with E-state index < -0.39 is 6.10 Å². The zero-order valence-electron chi connectivity index (χ0n) is 16.9. The molecule has 0 radical (unpaired) electrons. The highest BCUT2D eigenvalue weighted by Crippen LogP contribution is 2.27. The Balaban J connectivity index is 1.30. The molecule has 6 nitrogen and oxygen atoms in total. The Morgan fingerprint density at radius 1 is 1.07 bits per heavy atom. The van der Waals surface area contributed by atoms with Crippen LogP contribution in [-0.2, 0) is 4.74 Å². The van der Waals surface area contributed by atoms with E-state index in [-0.39, 0.29) is 0 Å². The number of halogens is 1. The van der Waals surface area contributed by atoms with Crippen molar-refractivity contribution in [3.8, 4) is 11.5 Å². The van der Waals surface area contributed by atoms with Crippen molar-refractivity contribution < 1.29 is 24.2 Å². The number of benzene rings is 2. The van der Waals surface area contributed by atoms with Crippen LogP contribution in [0, 0.1) is 0 Å². The fourth-order valence-electron chi connectivity index (χ4n) is 3.52. The molecule has 1 aliphatic heterocycles. The third-order valence-corrected chi connectivity index (χ3v) is 5.57. The number of hydrogen-bond acceptors (Lipinski definition) is 5. The van der Waals surface area contributed by atoms with Gasteiger partial charge in [0.05, 0.1) is 52.2 Å². The van der Waals surface area contributed by atoms with Gasteiger partial charge in [-0.25, -0.2) is 0 Å². The predicted octanol–water partition coefficient (Wildman–Crippen LogP) is 1.62. The first-order chi connectivity index (χ1) is 14.2. The van der Waals surface area contributed by atoms with E-state index in [2.05, 4.69) is 26.9 Å². The van der Waals surface area contributed by atoms with E-state index in [1.165, 1.54) is 4.90 Å². The van der Waals surface area contributed by atoms with Crippen molar-refractivity contribution in [2.75, 3.05) is 64.6 Å². The molecule has 2 aromatic rings. The molecule has 2 aromatic carbocycles. The lowest BCUT2D eigenvalue weighted by Gasteiger charge is -2.35. The van der Waals surface area contributed by atoms with Gasteiger partial charge in [0, 0.05) is 4.47 Å². The molecule has 1 aliphatic rings. The number of anilines is 1. The number of aliphatic hydroxyl groups excluding tert-OH is 1. The van der Waals surface area contributed by atoms with Crippen molar-refractivity contribution in [2.45, 2.75) is 6.10 Å². The van der Waals surface area contributed by atoms with Crippen molar-refractivity contribution >= 4 is 21.6 Å². The van der Waals surface area contributed by atoms with E-state index in [1.54, 1.807) is 7.11 Å². The predicted molar refractivity (Wildman–Crippen MR) is 117 cm³/mol. The van der Waals surface area contributed by atoms with Gasteiger partial charge in [-0.3, -0.25) is 0 Å². The number of methoxy groups -OCH3 is 1. The third-order valence-electron chi connectivity index (χ3n) is 5.04. The largest absolute Gasteiger partial charge is 0.495 e. The van der Waals surface area contributed by atoms with E-state index >= 15 is 0 Å². The quantitative estimate of drug-likeness (QED) is 0.522. The van der Waals surface area contributed by atoms with Crippen molar-refractivity contribution in [1.29, 1.82) is 0 Å². The Kier molecular flexibility index (Phi) is 8.61. The molecular weight excluding hydrogens is 436 g/mol. The molecule has 29 heavy (non-hydrogen) atoms. The van der Waals surface area contributed by atoms with Crippen LogP contribution in [0.4, 0.5) is 5.69 Å². The summed E-state index contributed by atoms with van der Waals surface area (Å²) < 4.78 is 17.7. The second-order valence-electron chi connectivity index (χ2n) is 7.14. The van der Waals surface area contributed by atoms with Gasteiger partial charge in [-0.15, -0.1) is 0 Å². The summed E-state index contributed by atoms with van der Waals surface area (Å²) in [5, 5.41) is 10.3. The first kappa shape index (κ1) is 21.9. The second-order valence-corrected chi connectivity index (χ2v) is 8.06. The molecule has 7 heteroatoms. The van der Waals surface area contributed by atoms with E-state index in [9.17, 15) is 5.11 Å². The van der Waals surface area contributed by atoms with E-state index in [0.29, 0.717) is 26.4 Å². The number of para-hydroxylation sites is 2. The summed E-state index contributed by atoms with van der Waals surface area (Å²) in [5.74, 6) is 1.73. The average molecular weight is 466 g/mol. The minimum Gasteiger partial charge on any atom is -0.495 e. The summed E-state index contributed by atoms with van der Waals surface area (Å²) >= 11 is 3.40. The monoisotopic (exact) mass is 465 g/mol. The molecule has 0 amide bonds. The summed E-state index contributed by atoms with van der Waals surface area (Å²) in [6, 6.07) is 15.8. The number of aliphatic hydroxyl groups is 1. The summed E-state index contributed by atoms with van der Waals surface area (Å²) in [5.41, 5.74) is 1.14. The molecule has 3 rings (SSSR count). The van der Waals surface area contributed by atoms with Crippen molar-refractivity contribution in [2.24, 2.45) is 0 Å². The fraction of sp³-hybridized carbons (Fsp3) is 0.455. The molecular formula is C22H30BrN2O4+. The van der Waals surface area contributed by atoms with Crippen molar-refractivity contribution in [1.82, 2.24) is 0 Å². The van der Waals surface area contributed by atoms with Gasteiger partial charge in [-0.2, -0.15) is 0 Å². The molecule has 0 unspecified atom stereocenters. The van der Waals surface area contributed by atoms with Crippen LogP contribution >= 0.6 is 15.9 Å². The minimum absolute atomic E-state index is 0.337. The SMILES string of the molecule is COc1ccccc1N1CC[NH+](C[C@@H](O)COCCOc2ccc(Br)cc2)CC1. The maximum atomic E-state index is 10.3. The number of quaternary nitrogens is 1. The van der Waals surface area contributed by atoms with Crippen molar-refractivity contribution in [3.63, 3.8) is 0 Å². The molecule has 2 N–H and O–H groups in total. The first-order valence-electron chi connectivity index (χ1n) is 10.0. The highest BCUT2D eigenvalue weighted by Gasteiger charge is 2.24. The van der Waals surface area contributed by atoms with Crippen LogP contribution in [0.3, 0.4) is 0 Å². The minimum atomic E-state index is -0.463. The Morgan fingerprint density at radius 2 is 1.79 bits per heavy atom. The maximum Gasteiger partial charge on any atom is 0.142 e. The zero-order valence-corrected chi connectivity index (χ0v) is 18.4. The smallest absolute Gasteiger partial charge is 0.142 e. The molecule has 0 aromatic heterocycles. The summed E-state index contributed by atoms with van der Waals surface area (Å²) in [6.07, 6.45) is -0.463. The molecule has 0 aliphatic carbocycles. The summed E-state index contributed by atoms with van der Waals surface area (Å²) in [7, 11) is 1.71. The fourth-order valence-corrected chi connectivity index (χ4v) is 3.78. The Labute approximate surface area is 181 Å². The van der Waals surface area contributed by atoms with Gasteiger partial charge in [-0.05, 0) is 36.4 Å². The highest BCUT2D eigenvalue weighted by atomic mass is 79.9. The van der Waals surface area contributed by atoms with Gasteiger partial charge >= 0.3 is 0 Å². The highest BCUT2D eigenvalue weighted by molar-refractivity contribution is 9.10. The normalized spacial score (nSPS) is 15.9. The van der Waals surface area contributed by atoms with Gasteiger partial charge in [-0.1, -0.05) is 28.1 Å². The molecule has 0 spiro atoms. The molecule has 0 bridgehead atoms. The van der Waals surface area contributed by atoms with Gasteiger partial charge in [0.25, 0.3) is 0 Å². The van der Waals surface area contributed by atoms with Crippen LogP contribution in [0.15, 0.2) is 53.0 Å². The molecule has 158 valence electrons. The Morgan fingerprint density at radius 3 is 2.52 bits per heavy atom. The zero-order chi connectivity index (χ0) is 20.5. The first-order valence-corrected chi connectivity index (χ1v) is 10.8. The lowest BCUT2D eigenvalue weighted by Crippen LogP contribution is -3.16. The van der Waals surface area contributed by atoms with Crippen LogP contribution < -0.4 is 19.3 Å². The van der Waals surface area contributed by atoms with Gasteiger partial charge in [0.1, 0.15) is 30.8 Å². The number of nitrogens with one attached hydrogen (secondary N) is 1. The molecule has 1 atom stereocenters. The molecule has 1 fully saturated rings. The number of piperazine rings is 1. The van der Waals surface area contributed by atoms with Crippen LogP contribution in [-0.4, -0.2) is 70.9 Å². The number of rotatable bonds is 10. The third kappa shape index (κ3) is 6.89. The van der Waals surface area contributed by atoms with E-state index in [0.717, 1.165) is 47.8 Å². The van der Waals surface area contributed by atoms with Gasteiger partial charge in [0.2, 0.25) is 0 Å². The van der Waals surface area contributed by atoms with Gasteiger partial charge in [0.15, 0.2) is 0 Å². The van der Waals surface area contributed by atoms with Crippen molar-refractivity contribution in [3.05, 3.63) is 53.0 Å². The lowest BCUT2D eigenvalue weighted by atomic mass is 10.2. The standard InChI is InChI=1S/C22H29BrN2O4/c1-27-22-5-3-2-4-21(22)25-12-10-24(11-13-25)16-19(26)17-28-14-15-29-20-8-6-18(23)7-9-20/h2-9,19,26H,10-17H2,1H3/p+1/t19-/m1/s1. The topological polar surface area (TPSA) is 55.6 Å². The number of hydrogen-bond donors (Lipinski definition) is 2. The average Bonchev–Trinajstić information content (AvgIpc) is 2.75. The second kappa shape index (κ2) is 11.4. The molecule has 1 saturated heterocycles. The Hall–Kier alpha value is -1.80. The Bertz CT molecular complexity index is 736. The van der Waals surface area contributed by atoms with E-state index in [4.69, 9.17) is 14.2 Å². The lowest BCUT2D eigenvalue weighted by molar-refractivity contribution is -0.903. The van der Waals surface area contributed by atoms with Crippen LogP contribution in [0.5, 0.6) is 11.5 Å². The summed E-state index contributed by atoms with van der Waals surface area (Å²) in [6.45, 7) is 5.85. The van der Waals surface area contributed by atoms with Gasteiger partial charge < -0.3 is 29.1 Å². The van der Waals surface area contributed by atoms with Crippen LogP contribution in [0.1, 0.15) is 0 Å². The molecule has 0 saturated carbocycles. The molecule has 1 heterocycles. The summed E-state index contributed by atoms with van der Waals surface area (Å²) in [4.78, 5) is 3.75. The van der Waals surface area contributed by atoms with Crippen LogP contribution in [0.2, 0.25) is 0 Å². The van der Waals surface area contributed by atoms with Crippen LogP contribution in [0.25, 0.3) is 0 Å². The van der Waals surface area contributed by atoms with E-state index in [1.807, 2.05) is 42.5 Å². The number of nitrogens with zero attached hydrogens (tertiary/aromatic N) is 1. The maximum absolute atomic E-state index is 10.3.